The number of aromatic nitrogens is 1. The van der Waals surface area contributed by atoms with E-state index in [-0.39, 0.29) is 11.1 Å². The Morgan fingerprint density at radius 3 is 2.62 bits per heavy atom. The van der Waals surface area contributed by atoms with Crippen LogP contribution in [0.5, 0.6) is 0 Å². The number of aryl methyl sites for hydroxylation is 1. The van der Waals surface area contributed by atoms with Crippen LogP contribution in [-0.4, -0.2) is 33.4 Å². The fraction of sp³-hybridized carbons (Fsp3) is 0.267. The van der Waals surface area contributed by atoms with Gasteiger partial charge in [0.05, 0.1) is 21.2 Å². The molecule has 0 saturated heterocycles. The Balaban J connectivity index is 2.05. The van der Waals surface area contributed by atoms with Gasteiger partial charge in [-0.15, -0.1) is 11.3 Å². The minimum absolute atomic E-state index is 0.0610. The number of benzene rings is 1. The SMILES string of the molecule is CCc1nc(CCNC(=O)c2cc(C(=O)O)cc([N+](=O)[O-])c2)cs1. The number of carbonyl (C=O) groups excluding carboxylic acids is 1. The maximum Gasteiger partial charge on any atom is 0.335 e. The second-order valence-electron chi connectivity index (χ2n) is 4.92. The largest absolute Gasteiger partial charge is 0.478 e. The summed E-state index contributed by atoms with van der Waals surface area (Å²) in [6.07, 6.45) is 1.38. The number of hydrogen-bond acceptors (Lipinski definition) is 6. The molecule has 0 unspecified atom stereocenters. The van der Waals surface area contributed by atoms with Crippen molar-refractivity contribution in [2.75, 3.05) is 6.54 Å². The van der Waals surface area contributed by atoms with Crippen LogP contribution in [0.3, 0.4) is 0 Å². The summed E-state index contributed by atoms with van der Waals surface area (Å²) < 4.78 is 0. The van der Waals surface area contributed by atoms with Crippen LogP contribution < -0.4 is 5.32 Å². The molecular weight excluding hydrogens is 334 g/mol. The predicted octanol–water partition coefficient (Wildman–Crippen LogP) is 2.28. The third kappa shape index (κ3) is 4.35. The van der Waals surface area contributed by atoms with Crippen LogP contribution in [0.1, 0.15) is 38.3 Å². The summed E-state index contributed by atoms with van der Waals surface area (Å²) in [6, 6.07) is 3.09. The van der Waals surface area contributed by atoms with Crippen LogP contribution in [0.25, 0.3) is 0 Å². The molecule has 1 aromatic carbocycles. The lowest BCUT2D eigenvalue weighted by atomic mass is 10.1. The second-order valence-corrected chi connectivity index (χ2v) is 5.87. The molecule has 1 heterocycles. The Morgan fingerprint density at radius 1 is 1.33 bits per heavy atom. The number of carbonyl (C=O) groups is 2. The number of aromatic carboxylic acids is 1. The number of nitrogens with zero attached hydrogens (tertiary/aromatic N) is 2. The molecule has 0 saturated carbocycles. The number of rotatable bonds is 7. The van der Waals surface area contributed by atoms with Gasteiger partial charge in [0.1, 0.15) is 0 Å². The number of carboxylic acids is 1. The number of nitro groups is 1. The molecule has 0 aliphatic rings. The van der Waals surface area contributed by atoms with Crippen molar-refractivity contribution in [1.82, 2.24) is 10.3 Å². The minimum atomic E-state index is -1.33. The van der Waals surface area contributed by atoms with E-state index in [1.54, 1.807) is 11.3 Å². The summed E-state index contributed by atoms with van der Waals surface area (Å²) in [7, 11) is 0. The average molecular weight is 349 g/mol. The Labute approximate surface area is 141 Å². The van der Waals surface area contributed by atoms with Gasteiger partial charge in [0.2, 0.25) is 0 Å². The fourth-order valence-electron chi connectivity index (χ4n) is 2.00. The first kappa shape index (κ1) is 17.5. The normalized spacial score (nSPS) is 10.4. The molecule has 1 aromatic heterocycles. The number of nitro benzene ring substituents is 1. The standard InChI is InChI=1S/C15H15N3O5S/c1-2-13-17-11(8-24-13)3-4-16-14(19)9-5-10(15(20)21)7-12(6-9)18(22)23/h5-8H,2-4H2,1H3,(H,16,19)(H,20,21). The van der Waals surface area contributed by atoms with Gasteiger partial charge in [-0.1, -0.05) is 6.92 Å². The zero-order valence-corrected chi connectivity index (χ0v) is 13.6. The molecule has 0 spiro atoms. The van der Waals surface area contributed by atoms with E-state index in [0.29, 0.717) is 13.0 Å². The van der Waals surface area contributed by atoms with Gasteiger partial charge in [-0.05, 0) is 12.5 Å². The molecule has 0 atom stereocenters. The van der Waals surface area contributed by atoms with E-state index in [2.05, 4.69) is 10.3 Å². The van der Waals surface area contributed by atoms with Crippen molar-refractivity contribution in [3.63, 3.8) is 0 Å². The molecule has 9 heteroatoms. The number of carboxylic acid groups (broad SMARTS) is 1. The van der Waals surface area contributed by atoms with E-state index in [1.807, 2.05) is 12.3 Å². The third-order valence-corrected chi connectivity index (χ3v) is 4.25. The van der Waals surface area contributed by atoms with Gasteiger partial charge in [0, 0.05) is 36.0 Å². The summed E-state index contributed by atoms with van der Waals surface area (Å²) in [5.41, 5.74) is 0.0603. The van der Waals surface area contributed by atoms with Crippen molar-refractivity contribution in [2.45, 2.75) is 19.8 Å². The monoisotopic (exact) mass is 349 g/mol. The summed E-state index contributed by atoms with van der Waals surface area (Å²) >= 11 is 1.55. The fourth-order valence-corrected chi connectivity index (χ4v) is 2.78. The molecule has 2 N–H and O–H groups in total. The zero-order valence-electron chi connectivity index (χ0n) is 12.8. The van der Waals surface area contributed by atoms with Crippen molar-refractivity contribution < 1.29 is 19.6 Å². The smallest absolute Gasteiger partial charge is 0.335 e. The minimum Gasteiger partial charge on any atom is -0.478 e. The molecule has 126 valence electrons. The van der Waals surface area contributed by atoms with Crippen LogP contribution >= 0.6 is 11.3 Å². The van der Waals surface area contributed by atoms with Crippen molar-refractivity contribution in [1.29, 1.82) is 0 Å². The van der Waals surface area contributed by atoms with Gasteiger partial charge in [0.15, 0.2) is 0 Å². The van der Waals surface area contributed by atoms with Gasteiger partial charge < -0.3 is 10.4 Å². The highest BCUT2D eigenvalue weighted by atomic mass is 32.1. The molecule has 24 heavy (non-hydrogen) atoms. The van der Waals surface area contributed by atoms with E-state index >= 15 is 0 Å². The van der Waals surface area contributed by atoms with Gasteiger partial charge >= 0.3 is 5.97 Å². The lowest BCUT2D eigenvalue weighted by molar-refractivity contribution is -0.384. The maximum absolute atomic E-state index is 12.1. The maximum atomic E-state index is 12.1. The molecule has 8 nitrogen and oxygen atoms in total. The van der Waals surface area contributed by atoms with Gasteiger partial charge in [-0.2, -0.15) is 0 Å². The lowest BCUT2D eigenvalue weighted by Gasteiger charge is -2.05. The Hall–Kier alpha value is -2.81. The summed E-state index contributed by atoms with van der Waals surface area (Å²) in [5.74, 6) is -1.89. The molecule has 1 amide bonds. The van der Waals surface area contributed by atoms with Crippen LogP contribution in [0.4, 0.5) is 5.69 Å². The number of thiazole rings is 1. The number of nitrogens with one attached hydrogen (secondary N) is 1. The van der Waals surface area contributed by atoms with Crippen molar-refractivity contribution in [2.24, 2.45) is 0 Å². The summed E-state index contributed by atoms with van der Waals surface area (Å²) in [4.78, 5) is 37.6. The third-order valence-electron chi connectivity index (χ3n) is 3.21. The van der Waals surface area contributed by atoms with Crippen LogP contribution in [0.2, 0.25) is 0 Å². The molecule has 0 aliphatic carbocycles. The molecule has 2 aromatic rings. The highest BCUT2D eigenvalue weighted by molar-refractivity contribution is 7.09. The molecule has 0 radical (unpaired) electrons. The molecule has 0 bridgehead atoms. The number of hydrogen-bond donors (Lipinski definition) is 2. The first-order valence-corrected chi connectivity index (χ1v) is 8.03. The highest BCUT2D eigenvalue weighted by Gasteiger charge is 2.17. The summed E-state index contributed by atoms with van der Waals surface area (Å²) in [5, 5.41) is 25.4. The van der Waals surface area contributed by atoms with Crippen molar-refractivity contribution in [3.8, 4) is 0 Å². The Kier molecular flexibility index (Phi) is 5.59. The second kappa shape index (κ2) is 7.64. The first-order chi connectivity index (χ1) is 11.4. The van der Waals surface area contributed by atoms with Crippen molar-refractivity contribution >= 4 is 28.9 Å². The first-order valence-electron chi connectivity index (χ1n) is 7.15. The predicted molar refractivity (Wildman–Crippen MR) is 87.6 cm³/mol. The summed E-state index contributed by atoms with van der Waals surface area (Å²) in [6.45, 7) is 2.31. The van der Waals surface area contributed by atoms with Crippen LogP contribution in [-0.2, 0) is 12.8 Å². The van der Waals surface area contributed by atoms with Gasteiger partial charge in [-0.3, -0.25) is 14.9 Å². The van der Waals surface area contributed by atoms with E-state index < -0.39 is 22.5 Å². The Bertz CT molecular complexity index is 755. The molecular formula is C15H15N3O5S. The highest BCUT2D eigenvalue weighted by Crippen LogP contribution is 2.17. The zero-order chi connectivity index (χ0) is 17.7. The van der Waals surface area contributed by atoms with Crippen LogP contribution in [0.15, 0.2) is 23.6 Å². The van der Waals surface area contributed by atoms with E-state index in [4.69, 9.17) is 5.11 Å². The van der Waals surface area contributed by atoms with E-state index in [9.17, 15) is 19.7 Å². The quantitative estimate of drug-likeness (QED) is 0.584. The molecule has 0 fully saturated rings. The van der Waals surface area contributed by atoms with Crippen LogP contribution in [0, 0.1) is 10.1 Å². The van der Waals surface area contributed by atoms with Gasteiger partial charge in [-0.25, -0.2) is 9.78 Å². The lowest BCUT2D eigenvalue weighted by Crippen LogP contribution is -2.26. The number of non-ortho nitro benzene ring substituents is 1. The molecule has 0 aliphatic heterocycles. The van der Waals surface area contributed by atoms with E-state index in [0.717, 1.165) is 35.3 Å². The van der Waals surface area contributed by atoms with Gasteiger partial charge in [0.25, 0.3) is 11.6 Å². The molecule has 2 rings (SSSR count). The number of amides is 1. The van der Waals surface area contributed by atoms with E-state index in [1.165, 1.54) is 0 Å². The average Bonchev–Trinajstić information content (AvgIpc) is 3.02. The topological polar surface area (TPSA) is 122 Å². The van der Waals surface area contributed by atoms with Crippen molar-refractivity contribution in [3.05, 3.63) is 55.5 Å². The Morgan fingerprint density at radius 2 is 2.04 bits per heavy atom.